The fourth-order valence-corrected chi connectivity index (χ4v) is 10.1. The van der Waals surface area contributed by atoms with Crippen molar-refractivity contribution in [3.8, 4) is 17.6 Å². The number of amides is 1. The van der Waals surface area contributed by atoms with Crippen LogP contribution in [0.2, 0.25) is 0 Å². The van der Waals surface area contributed by atoms with Crippen molar-refractivity contribution in [2.75, 3.05) is 46.0 Å². The van der Waals surface area contributed by atoms with Gasteiger partial charge in [0.05, 0.1) is 46.3 Å². The Bertz CT molecular complexity index is 2630. The van der Waals surface area contributed by atoms with Gasteiger partial charge in [0.15, 0.2) is 23.2 Å². The number of rotatable bonds is 24. The van der Waals surface area contributed by atoms with Crippen LogP contribution in [0.5, 0.6) is 11.5 Å². The number of carbonyl (C=O) groups excluding carboxylic acids is 2. The first-order chi connectivity index (χ1) is 34.0. The van der Waals surface area contributed by atoms with Crippen molar-refractivity contribution in [2.24, 2.45) is 0 Å². The van der Waals surface area contributed by atoms with Crippen LogP contribution >= 0.6 is 8.53 Å². The van der Waals surface area contributed by atoms with E-state index in [9.17, 15) is 14.9 Å². The Morgan fingerprint density at radius 1 is 0.871 bits per heavy atom. The van der Waals surface area contributed by atoms with Crippen LogP contribution in [0.15, 0.2) is 135 Å². The van der Waals surface area contributed by atoms with E-state index in [2.05, 4.69) is 37.6 Å². The summed E-state index contributed by atoms with van der Waals surface area (Å²) in [7, 11) is 1.29. The molecular formula is C52H58N7O10P. The van der Waals surface area contributed by atoms with Crippen molar-refractivity contribution in [1.82, 2.24) is 24.2 Å². The first-order valence-electron chi connectivity index (χ1n) is 22.8. The molecule has 0 aliphatic carbocycles. The predicted molar refractivity (Wildman–Crippen MR) is 263 cm³/mol. The highest BCUT2D eigenvalue weighted by Gasteiger charge is 2.52. The highest BCUT2D eigenvalue weighted by molar-refractivity contribution is 7.44. The van der Waals surface area contributed by atoms with Crippen LogP contribution < -0.4 is 14.8 Å². The number of nitrogens with zero attached hydrogens (tertiary/aromatic N) is 6. The average molecular weight is 972 g/mol. The van der Waals surface area contributed by atoms with Crippen molar-refractivity contribution < 1.29 is 47.1 Å². The molecule has 1 aliphatic heterocycles. The molecule has 3 heterocycles. The first-order valence-corrected chi connectivity index (χ1v) is 24.0. The molecular weight excluding hydrogens is 914 g/mol. The number of esters is 1. The summed E-state index contributed by atoms with van der Waals surface area (Å²) in [6.07, 6.45) is 0.258. The molecule has 7 rings (SSSR count). The van der Waals surface area contributed by atoms with E-state index in [-0.39, 0.29) is 49.7 Å². The van der Waals surface area contributed by atoms with Crippen molar-refractivity contribution >= 4 is 37.4 Å². The van der Waals surface area contributed by atoms with Crippen LogP contribution in [0, 0.1) is 11.3 Å². The second-order valence-electron chi connectivity index (χ2n) is 16.6. The quantitative estimate of drug-likeness (QED) is 0.0199. The lowest BCUT2D eigenvalue weighted by molar-refractivity contribution is -0.153. The number of carbonyl (C=O) groups is 2. The van der Waals surface area contributed by atoms with E-state index in [1.54, 1.807) is 43.1 Å². The summed E-state index contributed by atoms with van der Waals surface area (Å²) in [5.41, 5.74) is 2.09. The number of hydrogen-bond acceptors (Lipinski definition) is 15. The van der Waals surface area contributed by atoms with E-state index in [0.717, 1.165) is 16.7 Å². The number of anilines is 1. The van der Waals surface area contributed by atoms with Gasteiger partial charge in [-0.3, -0.25) is 9.36 Å². The maximum absolute atomic E-state index is 13.4. The Labute approximate surface area is 409 Å². The van der Waals surface area contributed by atoms with Crippen LogP contribution in [0.25, 0.3) is 11.2 Å². The number of imidazole rings is 1. The van der Waals surface area contributed by atoms with Crippen LogP contribution in [0.3, 0.4) is 0 Å². The number of fused-ring (bicyclic) bond motifs is 1. The van der Waals surface area contributed by atoms with Gasteiger partial charge in [0, 0.05) is 17.6 Å². The second-order valence-corrected chi connectivity index (χ2v) is 18.0. The SMILES string of the molecule is C=CCOC(=O)CO[C@@H]1[C@H](OP(OCCC#N)N(C(C)C)C(C)C)[C@@H](COC(c2ccccc2)(c2ccc(OC)cc2)c2ccc(OC)cc2)O[C@H]1n1cnc2c(NC(=O)c3ccccc3)ncnc21. The topological polar surface area (TPSA) is 191 Å². The molecule has 4 aromatic carbocycles. The number of hydrogen-bond donors (Lipinski definition) is 1. The largest absolute Gasteiger partial charge is 0.497 e. The van der Waals surface area contributed by atoms with Gasteiger partial charge < -0.3 is 42.8 Å². The number of methoxy groups -OCH3 is 2. The molecule has 0 radical (unpaired) electrons. The minimum atomic E-state index is -1.93. The van der Waals surface area contributed by atoms with Crippen molar-refractivity contribution in [3.63, 3.8) is 0 Å². The third-order valence-electron chi connectivity index (χ3n) is 11.5. The Balaban J connectivity index is 1.38. The molecule has 0 saturated carbocycles. The molecule has 1 saturated heterocycles. The van der Waals surface area contributed by atoms with E-state index < -0.39 is 57.2 Å². The molecule has 1 amide bonds. The van der Waals surface area contributed by atoms with Crippen LogP contribution in [0.4, 0.5) is 5.82 Å². The fraction of sp³-hybridized carbons (Fsp3) is 0.346. The Morgan fingerprint density at radius 3 is 2.07 bits per heavy atom. The molecule has 70 heavy (non-hydrogen) atoms. The maximum atomic E-state index is 13.4. The third-order valence-corrected chi connectivity index (χ3v) is 13.6. The predicted octanol–water partition coefficient (Wildman–Crippen LogP) is 8.78. The van der Waals surface area contributed by atoms with Crippen LogP contribution in [-0.2, 0) is 38.4 Å². The van der Waals surface area contributed by atoms with E-state index in [1.807, 2.05) is 113 Å². The monoisotopic (exact) mass is 971 g/mol. The summed E-state index contributed by atoms with van der Waals surface area (Å²) in [5, 5.41) is 12.5. The second kappa shape index (κ2) is 24.3. The minimum absolute atomic E-state index is 0.0300. The molecule has 366 valence electrons. The summed E-state index contributed by atoms with van der Waals surface area (Å²) < 4.78 is 55.1. The summed E-state index contributed by atoms with van der Waals surface area (Å²) in [5.74, 6) is 0.440. The van der Waals surface area contributed by atoms with Gasteiger partial charge in [-0.05, 0) is 80.8 Å². The van der Waals surface area contributed by atoms with Gasteiger partial charge in [-0.1, -0.05) is 85.5 Å². The Morgan fingerprint density at radius 2 is 1.49 bits per heavy atom. The molecule has 1 unspecified atom stereocenters. The van der Waals surface area contributed by atoms with Gasteiger partial charge in [-0.15, -0.1) is 0 Å². The third kappa shape index (κ3) is 11.7. The lowest BCUT2D eigenvalue weighted by Gasteiger charge is -2.39. The van der Waals surface area contributed by atoms with E-state index in [4.69, 9.17) is 37.5 Å². The van der Waals surface area contributed by atoms with E-state index >= 15 is 0 Å². The summed E-state index contributed by atoms with van der Waals surface area (Å²) in [6.45, 7) is 11.2. The zero-order chi connectivity index (χ0) is 49.6. The Hall–Kier alpha value is -6.61. The number of nitrogens with one attached hydrogen (secondary N) is 1. The highest BCUT2D eigenvalue weighted by Crippen LogP contribution is 2.51. The highest BCUT2D eigenvalue weighted by atomic mass is 31.2. The molecule has 18 heteroatoms. The smallest absolute Gasteiger partial charge is 0.332 e. The molecule has 1 N–H and O–H groups in total. The van der Waals surface area contributed by atoms with Crippen LogP contribution in [0.1, 0.15) is 67.4 Å². The standard InChI is InChI=1S/C52H58N7O10P/c1-8-29-64-44(60)32-65-47-46(69-70(67-30-15-28-53)59(35(2)3)36(4)5)43(68-51(47)58-34-56-45-48(54-33-55-49(45)58)57-50(61)37-16-11-9-12-17-37)31-66-52(38-18-13-10-14-19-38,39-20-24-41(62-6)25-21-39)40-22-26-42(63-7)27-23-40/h8-14,16-27,33-36,43,46-47,51H,1,15,29-32H2,2-7H3,(H,54,55,57,61)/t43-,46-,47-,51-,70?/m1/s1. The Kier molecular flexibility index (Phi) is 17.8. The zero-order valence-electron chi connectivity index (χ0n) is 40.0. The molecule has 1 aliphatic rings. The number of nitriles is 1. The molecule has 1 fully saturated rings. The molecule has 5 atom stereocenters. The average Bonchev–Trinajstić information content (AvgIpc) is 3.97. The fourth-order valence-electron chi connectivity index (χ4n) is 8.31. The van der Waals surface area contributed by atoms with E-state index in [1.165, 1.54) is 18.7 Å². The number of benzene rings is 4. The maximum Gasteiger partial charge on any atom is 0.332 e. The van der Waals surface area contributed by atoms with Gasteiger partial charge in [-0.25, -0.2) is 24.4 Å². The molecule has 0 spiro atoms. The number of aromatic nitrogens is 4. The van der Waals surface area contributed by atoms with Crippen molar-refractivity contribution in [3.05, 3.63) is 157 Å². The lowest BCUT2D eigenvalue weighted by Crippen LogP contribution is -2.43. The van der Waals surface area contributed by atoms with Gasteiger partial charge >= 0.3 is 5.97 Å². The summed E-state index contributed by atoms with van der Waals surface area (Å²) in [6, 6.07) is 36.0. The summed E-state index contributed by atoms with van der Waals surface area (Å²) in [4.78, 5) is 40.3. The zero-order valence-corrected chi connectivity index (χ0v) is 40.9. The van der Waals surface area contributed by atoms with Crippen molar-refractivity contribution in [2.45, 2.75) is 76.3 Å². The lowest BCUT2D eigenvalue weighted by atomic mass is 9.80. The molecule has 0 bridgehead atoms. The molecule has 2 aromatic heterocycles. The van der Waals surface area contributed by atoms with Crippen LogP contribution in [-0.4, -0.2) is 107 Å². The molecule has 17 nitrogen and oxygen atoms in total. The molecule has 6 aromatic rings. The van der Waals surface area contributed by atoms with Gasteiger partial charge in [-0.2, -0.15) is 5.26 Å². The summed E-state index contributed by atoms with van der Waals surface area (Å²) >= 11 is 0. The normalized spacial score (nSPS) is 17.4. The van der Waals surface area contributed by atoms with Gasteiger partial charge in [0.1, 0.15) is 55.0 Å². The van der Waals surface area contributed by atoms with Gasteiger partial charge in [0.2, 0.25) is 0 Å². The first kappa shape index (κ1) is 51.2. The number of ether oxygens (including phenoxy) is 6. The van der Waals surface area contributed by atoms with Gasteiger partial charge in [0.25, 0.3) is 14.4 Å². The van der Waals surface area contributed by atoms with E-state index in [0.29, 0.717) is 22.7 Å². The minimum Gasteiger partial charge on any atom is -0.497 e. The van der Waals surface area contributed by atoms with Crippen molar-refractivity contribution in [1.29, 1.82) is 5.26 Å².